The molecular formula is C12H10FN5. The van der Waals surface area contributed by atoms with Crippen LogP contribution in [0.1, 0.15) is 5.56 Å². The summed E-state index contributed by atoms with van der Waals surface area (Å²) in [6.45, 7) is 0. The Kier molecular flexibility index (Phi) is 2.98. The molecule has 0 spiro atoms. The summed E-state index contributed by atoms with van der Waals surface area (Å²) in [5.41, 5.74) is 12.0. The van der Waals surface area contributed by atoms with Gasteiger partial charge >= 0.3 is 0 Å². The SMILES string of the molecule is N#Cc1cc(Nc2ccc(N)c(N)n2)ccc1F. The Hall–Kier alpha value is -2.81. The van der Waals surface area contributed by atoms with Crippen molar-refractivity contribution in [2.24, 2.45) is 0 Å². The third kappa shape index (κ3) is 2.30. The number of benzene rings is 1. The van der Waals surface area contributed by atoms with Crippen LogP contribution in [0.25, 0.3) is 0 Å². The number of nitriles is 1. The van der Waals surface area contributed by atoms with Crippen molar-refractivity contribution in [3.63, 3.8) is 0 Å². The highest BCUT2D eigenvalue weighted by molar-refractivity contribution is 5.65. The number of anilines is 4. The molecule has 90 valence electrons. The van der Waals surface area contributed by atoms with Gasteiger partial charge in [0.1, 0.15) is 23.5 Å². The second-order valence-corrected chi connectivity index (χ2v) is 3.60. The monoisotopic (exact) mass is 243 g/mol. The Morgan fingerprint density at radius 3 is 2.67 bits per heavy atom. The smallest absolute Gasteiger partial charge is 0.149 e. The molecule has 0 amide bonds. The molecule has 0 saturated heterocycles. The van der Waals surface area contributed by atoms with Crippen molar-refractivity contribution in [3.8, 4) is 6.07 Å². The van der Waals surface area contributed by atoms with Crippen LogP contribution in [0.2, 0.25) is 0 Å². The van der Waals surface area contributed by atoms with Gasteiger partial charge in [0.15, 0.2) is 0 Å². The lowest BCUT2D eigenvalue weighted by Gasteiger charge is -2.07. The fraction of sp³-hybridized carbons (Fsp3) is 0. The minimum absolute atomic E-state index is 0.0385. The van der Waals surface area contributed by atoms with Crippen LogP contribution in [0.15, 0.2) is 30.3 Å². The summed E-state index contributed by atoms with van der Waals surface area (Å²) in [5, 5.41) is 11.6. The molecule has 0 atom stereocenters. The van der Waals surface area contributed by atoms with E-state index in [1.165, 1.54) is 18.2 Å². The highest BCUT2D eigenvalue weighted by Crippen LogP contribution is 2.20. The lowest BCUT2D eigenvalue weighted by Crippen LogP contribution is -2.01. The van der Waals surface area contributed by atoms with E-state index in [9.17, 15) is 4.39 Å². The standard InChI is InChI=1S/C12H10FN5/c13-9-2-1-8(5-7(9)6-14)17-11-4-3-10(15)12(16)18-11/h1-5H,15H2,(H3,16,17,18). The van der Waals surface area contributed by atoms with Crippen LogP contribution in [0.4, 0.5) is 27.4 Å². The van der Waals surface area contributed by atoms with E-state index in [4.69, 9.17) is 16.7 Å². The van der Waals surface area contributed by atoms with Crippen LogP contribution in [-0.4, -0.2) is 4.98 Å². The minimum Gasteiger partial charge on any atom is -0.396 e. The van der Waals surface area contributed by atoms with Gasteiger partial charge in [-0.15, -0.1) is 0 Å². The van der Waals surface area contributed by atoms with Crippen LogP contribution >= 0.6 is 0 Å². The van der Waals surface area contributed by atoms with Crippen molar-refractivity contribution in [3.05, 3.63) is 41.7 Å². The lowest BCUT2D eigenvalue weighted by atomic mass is 10.2. The predicted molar refractivity (Wildman–Crippen MR) is 67.5 cm³/mol. The average molecular weight is 243 g/mol. The second-order valence-electron chi connectivity index (χ2n) is 3.60. The maximum atomic E-state index is 13.1. The molecule has 0 fully saturated rings. The van der Waals surface area contributed by atoms with E-state index in [-0.39, 0.29) is 11.4 Å². The number of halogens is 1. The Bertz CT molecular complexity index is 633. The van der Waals surface area contributed by atoms with Gasteiger partial charge in [0.25, 0.3) is 0 Å². The van der Waals surface area contributed by atoms with Gasteiger partial charge in [-0.25, -0.2) is 9.37 Å². The number of aromatic nitrogens is 1. The fourth-order valence-corrected chi connectivity index (χ4v) is 1.39. The molecule has 0 aliphatic heterocycles. The van der Waals surface area contributed by atoms with Crippen molar-refractivity contribution < 1.29 is 4.39 Å². The number of nitrogens with one attached hydrogen (secondary N) is 1. The number of hydrogen-bond donors (Lipinski definition) is 3. The summed E-state index contributed by atoms with van der Waals surface area (Å²) in [6.07, 6.45) is 0. The van der Waals surface area contributed by atoms with Crippen LogP contribution in [-0.2, 0) is 0 Å². The average Bonchev–Trinajstić information content (AvgIpc) is 2.36. The van der Waals surface area contributed by atoms with Gasteiger partial charge in [0, 0.05) is 5.69 Å². The van der Waals surface area contributed by atoms with Gasteiger partial charge < -0.3 is 16.8 Å². The van der Waals surface area contributed by atoms with E-state index in [0.717, 1.165) is 0 Å². The van der Waals surface area contributed by atoms with Crippen LogP contribution in [0, 0.1) is 17.1 Å². The van der Waals surface area contributed by atoms with E-state index in [1.807, 2.05) is 0 Å². The molecule has 1 aromatic heterocycles. The number of pyridine rings is 1. The predicted octanol–water partition coefficient (Wildman–Crippen LogP) is 2.00. The first-order valence-electron chi connectivity index (χ1n) is 5.09. The number of nitrogen functional groups attached to an aromatic ring is 2. The Labute approximate surface area is 103 Å². The van der Waals surface area contributed by atoms with Gasteiger partial charge in [0.2, 0.25) is 0 Å². The number of rotatable bonds is 2. The molecule has 18 heavy (non-hydrogen) atoms. The van der Waals surface area contributed by atoms with Gasteiger partial charge in [-0.1, -0.05) is 0 Å². The zero-order chi connectivity index (χ0) is 13.1. The number of nitrogens with zero attached hydrogens (tertiary/aromatic N) is 2. The first-order valence-corrected chi connectivity index (χ1v) is 5.09. The van der Waals surface area contributed by atoms with Crippen molar-refractivity contribution in [1.82, 2.24) is 4.98 Å². The van der Waals surface area contributed by atoms with Crippen LogP contribution in [0.3, 0.4) is 0 Å². The summed E-state index contributed by atoms with van der Waals surface area (Å²) in [6, 6.07) is 9.12. The topological polar surface area (TPSA) is 101 Å². The maximum absolute atomic E-state index is 13.1. The third-order valence-corrected chi connectivity index (χ3v) is 2.32. The van der Waals surface area contributed by atoms with Crippen molar-refractivity contribution in [2.75, 3.05) is 16.8 Å². The van der Waals surface area contributed by atoms with Crippen molar-refractivity contribution in [2.45, 2.75) is 0 Å². The van der Waals surface area contributed by atoms with Crippen molar-refractivity contribution in [1.29, 1.82) is 5.26 Å². The Balaban J connectivity index is 2.29. The van der Waals surface area contributed by atoms with Crippen molar-refractivity contribution >= 4 is 23.0 Å². The summed E-state index contributed by atoms with van der Waals surface area (Å²) >= 11 is 0. The molecule has 2 rings (SSSR count). The molecule has 0 aliphatic rings. The molecule has 2 aromatic rings. The van der Waals surface area contributed by atoms with Gasteiger partial charge in [0.05, 0.1) is 11.3 Å². The Morgan fingerprint density at radius 1 is 1.22 bits per heavy atom. The second kappa shape index (κ2) is 4.59. The first kappa shape index (κ1) is 11.7. The van der Waals surface area contributed by atoms with E-state index >= 15 is 0 Å². The van der Waals surface area contributed by atoms with E-state index in [1.54, 1.807) is 18.2 Å². The molecule has 0 saturated carbocycles. The summed E-state index contributed by atoms with van der Waals surface area (Å²) in [7, 11) is 0. The zero-order valence-corrected chi connectivity index (χ0v) is 9.31. The van der Waals surface area contributed by atoms with Crippen LogP contribution in [0.5, 0.6) is 0 Å². The molecule has 5 N–H and O–H groups in total. The molecule has 1 heterocycles. The quantitative estimate of drug-likeness (QED) is 0.748. The molecule has 0 aliphatic carbocycles. The highest BCUT2D eigenvalue weighted by atomic mass is 19.1. The molecule has 5 nitrogen and oxygen atoms in total. The molecule has 1 aromatic carbocycles. The molecule has 0 radical (unpaired) electrons. The fourth-order valence-electron chi connectivity index (χ4n) is 1.39. The molecule has 6 heteroatoms. The van der Waals surface area contributed by atoms with E-state index < -0.39 is 5.82 Å². The van der Waals surface area contributed by atoms with E-state index in [0.29, 0.717) is 17.2 Å². The molecular weight excluding hydrogens is 233 g/mol. The number of hydrogen-bond acceptors (Lipinski definition) is 5. The normalized spacial score (nSPS) is 9.78. The maximum Gasteiger partial charge on any atom is 0.149 e. The van der Waals surface area contributed by atoms with Gasteiger partial charge in [-0.3, -0.25) is 0 Å². The molecule has 0 unspecified atom stereocenters. The van der Waals surface area contributed by atoms with Crippen LogP contribution < -0.4 is 16.8 Å². The van der Waals surface area contributed by atoms with E-state index in [2.05, 4.69) is 10.3 Å². The minimum atomic E-state index is -0.562. The largest absolute Gasteiger partial charge is 0.396 e. The van der Waals surface area contributed by atoms with Gasteiger partial charge in [-0.2, -0.15) is 5.26 Å². The number of nitrogens with two attached hydrogens (primary N) is 2. The molecule has 0 bridgehead atoms. The zero-order valence-electron chi connectivity index (χ0n) is 9.31. The highest BCUT2D eigenvalue weighted by Gasteiger charge is 2.04. The third-order valence-electron chi connectivity index (χ3n) is 2.32. The summed E-state index contributed by atoms with van der Waals surface area (Å²) in [5.74, 6) is 0.118. The first-order chi connectivity index (χ1) is 8.60. The summed E-state index contributed by atoms with van der Waals surface area (Å²) in [4.78, 5) is 4.01. The lowest BCUT2D eigenvalue weighted by molar-refractivity contribution is 0.624. The Morgan fingerprint density at radius 2 is 2.00 bits per heavy atom. The summed E-state index contributed by atoms with van der Waals surface area (Å²) < 4.78 is 13.1. The van der Waals surface area contributed by atoms with Gasteiger partial charge in [-0.05, 0) is 30.3 Å².